The highest BCUT2D eigenvalue weighted by atomic mass is 16.6. The Bertz CT molecular complexity index is 946. The highest BCUT2D eigenvalue weighted by Gasteiger charge is 2.31. The van der Waals surface area contributed by atoms with Crippen LogP contribution >= 0.6 is 0 Å². The molecule has 0 bridgehead atoms. The number of fused-ring (bicyclic) bond motifs is 1. The maximum atomic E-state index is 11.7. The van der Waals surface area contributed by atoms with Crippen molar-refractivity contribution >= 4 is 11.9 Å². The number of methoxy groups -OCH3 is 2. The van der Waals surface area contributed by atoms with Crippen molar-refractivity contribution in [2.75, 3.05) is 27.4 Å². The first-order valence-electron chi connectivity index (χ1n) is 9.47. The fraction of sp³-hybridized carbons (Fsp3) is 0.364. The molecule has 2 aromatic rings. The van der Waals surface area contributed by atoms with E-state index in [0.717, 1.165) is 29.5 Å². The standard InChI is InChI=1S/C22H22O7/c1-25-18-8-7-16(14-5-6-17-15(11-14)12-29-22(17)24)19(20(18)26-2)27-9-10-28-21(23)13-3-4-13/h5-8,11,13H,3-4,9-10,12H2,1-2H3. The third-order valence-corrected chi connectivity index (χ3v) is 4.98. The molecule has 0 spiro atoms. The van der Waals surface area contributed by atoms with Crippen LogP contribution in [0.3, 0.4) is 0 Å². The molecule has 1 saturated carbocycles. The van der Waals surface area contributed by atoms with Crippen LogP contribution in [-0.2, 0) is 20.9 Å². The summed E-state index contributed by atoms with van der Waals surface area (Å²) in [7, 11) is 3.09. The van der Waals surface area contributed by atoms with E-state index in [2.05, 4.69) is 0 Å². The molecule has 152 valence electrons. The molecule has 1 aliphatic heterocycles. The highest BCUT2D eigenvalue weighted by molar-refractivity contribution is 5.94. The summed E-state index contributed by atoms with van der Waals surface area (Å²) in [6.07, 6.45) is 1.80. The minimum Gasteiger partial charge on any atom is -0.493 e. The third-order valence-electron chi connectivity index (χ3n) is 4.98. The highest BCUT2D eigenvalue weighted by Crippen LogP contribution is 2.45. The SMILES string of the molecule is COc1ccc(-c2ccc3c(c2)COC3=O)c(OCCOC(=O)C2CC2)c1OC. The summed E-state index contributed by atoms with van der Waals surface area (Å²) in [5, 5.41) is 0. The molecule has 2 aliphatic rings. The average molecular weight is 398 g/mol. The summed E-state index contributed by atoms with van der Waals surface area (Å²) in [4.78, 5) is 23.4. The zero-order valence-corrected chi connectivity index (χ0v) is 16.4. The van der Waals surface area contributed by atoms with Gasteiger partial charge >= 0.3 is 11.9 Å². The van der Waals surface area contributed by atoms with Crippen LogP contribution in [0.2, 0.25) is 0 Å². The van der Waals surface area contributed by atoms with Gasteiger partial charge < -0.3 is 23.7 Å². The number of hydrogen-bond donors (Lipinski definition) is 0. The molecule has 1 aliphatic carbocycles. The van der Waals surface area contributed by atoms with Crippen LogP contribution in [0.15, 0.2) is 30.3 Å². The molecule has 0 N–H and O–H groups in total. The van der Waals surface area contributed by atoms with Crippen LogP contribution < -0.4 is 14.2 Å². The maximum absolute atomic E-state index is 11.7. The van der Waals surface area contributed by atoms with E-state index >= 15 is 0 Å². The molecular weight excluding hydrogens is 376 g/mol. The molecule has 7 nitrogen and oxygen atoms in total. The molecule has 1 fully saturated rings. The van der Waals surface area contributed by atoms with Crippen LogP contribution in [0.5, 0.6) is 17.2 Å². The molecule has 2 aromatic carbocycles. The lowest BCUT2D eigenvalue weighted by molar-refractivity contribution is -0.145. The zero-order valence-electron chi connectivity index (χ0n) is 16.4. The molecule has 0 atom stereocenters. The van der Waals surface area contributed by atoms with E-state index in [1.54, 1.807) is 19.2 Å². The normalized spacial score (nSPS) is 14.8. The summed E-state index contributed by atoms with van der Waals surface area (Å²) in [6, 6.07) is 9.15. The molecule has 4 rings (SSSR count). The second-order valence-corrected chi connectivity index (χ2v) is 6.92. The first-order chi connectivity index (χ1) is 14.1. The van der Waals surface area contributed by atoms with Gasteiger partial charge in [-0.1, -0.05) is 6.07 Å². The van der Waals surface area contributed by atoms with Gasteiger partial charge in [-0.05, 0) is 42.7 Å². The second kappa shape index (κ2) is 8.03. The number of esters is 2. The van der Waals surface area contributed by atoms with Gasteiger partial charge in [0.2, 0.25) is 5.75 Å². The number of carbonyl (C=O) groups excluding carboxylic acids is 2. The molecule has 0 saturated heterocycles. The molecule has 0 unspecified atom stereocenters. The fourth-order valence-corrected chi connectivity index (χ4v) is 3.29. The molecule has 29 heavy (non-hydrogen) atoms. The Morgan fingerprint density at radius 3 is 2.55 bits per heavy atom. The Morgan fingerprint density at radius 2 is 1.83 bits per heavy atom. The van der Waals surface area contributed by atoms with Crippen LogP contribution in [0.25, 0.3) is 11.1 Å². The quantitative estimate of drug-likeness (QED) is 0.498. The van der Waals surface area contributed by atoms with Crippen molar-refractivity contribution in [3.63, 3.8) is 0 Å². The van der Waals surface area contributed by atoms with E-state index in [4.69, 9.17) is 23.7 Å². The van der Waals surface area contributed by atoms with Crippen molar-refractivity contribution in [2.24, 2.45) is 5.92 Å². The number of hydrogen-bond acceptors (Lipinski definition) is 7. The van der Waals surface area contributed by atoms with E-state index in [-0.39, 0.29) is 37.7 Å². The lowest BCUT2D eigenvalue weighted by atomic mass is 9.99. The van der Waals surface area contributed by atoms with Crippen molar-refractivity contribution in [3.8, 4) is 28.4 Å². The Labute approximate surface area is 168 Å². The minimum absolute atomic E-state index is 0.0493. The van der Waals surface area contributed by atoms with Gasteiger partial charge in [-0.15, -0.1) is 0 Å². The summed E-state index contributed by atoms with van der Waals surface area (Å²) in [5.74, 6) is 1.03. The molecule has 0 aromatic heterocycles. The van der Waals surface area contributed by atoms with Gasteiger partial charge in [0, 0.05) is 11.1 Å². The monoisotopic (exact) mass is 398 g/mol. The predicted molar refractivity (Wildman–Crippen MR) is 103 cm³/mol. The lowest BCUT2D eigenvalue weighted by Gasteiger charge is -2.18. The Morgan fingerprint density at radius 1 is 1.03 bits per heavy atom. The van der Waals surface area contributed by atoms with Crippen molar-refractivity contribution in [2.45, 2.75) is 19.4 Å². The van der Waals surface area contributed by atoms with Crippen molar-refractivity contribution in [3.05, 3.63) is 41.5 Å². The number of rotatable bonds is 8. The first-order valence-corrected chi connectivity index (χ1v) is 9.47. The van der Waals surface area contributed by atoms with E-state index in [1.165, 1.54) is 7.11 Å². The van der Waals surface area contributed by atoms with E-state index in [0.29, 0.717) is 22.8 Å². The van der Waals surface area contributed by atoms with Crippen molar-refractivity contribution in [1.29, 1.82) is 0 Å². The van der Waals surface area contributed by atoms with E-state index in [1.807, 2.05) is 18.2 Å². The van der Waals surface area contributed by atoms with E-state index < -0.39 is 0 Å². The summed E-state index contributed by atoms with van der Waals surface area (Å²) >= 11 is 0. The molecular formula is C22H22O7. The molecule has 7 heteroatoms. The van der Waals surface area contributed by atoms with Gasteiger partial charge in [0.15, 0.2) is 11.5 Å². The Hall–Kier alpha value is -3.22. The Kier molecular flexibility index (Phi) is 5.29. The second-order valence-electron chi connectivity index (χ2n) is 6.92. The van der Waals surface area contributed by atoms with Gasteiger partial charge in [-0.3, -0.25) is 4.79 Å². The summed E-state index contributed by atoms with van der Waals surface area (Å²) in [6.45, 7) is 0.589. The largest absolute Gasteiger partial charge is 0.493 e. The van der Waals surface area contributed by atoms with Crippen molar-refractivity contribution < 1.29 is 33.3 Å². The topological polar surface area (TPSA) is 80.3 Å². The van der Waals surface area contributed by atoms with Gasteiger partial charge in [0.05, 0.1) is 25.7 Å². The predicted octanol–water partition coefficient (Wildman–Crippen LogP) is 3.37. The van der Waals surface area contributed by atoms with Crippen LogP contribution in [0.4, 0.5) is 0 Å². The summed E-state index contributed by atoms with van der Waals surface area (Å²) in [5.41, 5.74) is 3.03. The number of benzene rings is 2. The maximum Gasteiger partial charge on any atom is 0.338 e. The van der Waals surface area contributed by atoms with Gasteiger partial charge in [0.1, 0.15) is 19.8 Å². The smallest absolute Gasteiger partial charge is 0.338 e. The number of cyclic esters (lactones) is 1. The van der Waals surface area contributed by atoms with Gasteiger partial charge in [-0.2, -0.15) is 0 Å². The van der Waals surface area contributed by atoms with Gasteiger partial charge in [-0.25, -0.2) is 4.79 Å². The van der Waals surface area contributed by atoms with Crippen LogP contribution in [0, 0.1) is 5.92 Å². The average Bonchev–Trinajstić information content (AvgIpc) is 3.53. The first kappa shape index (κ1) is 19.1. The van der Waals surface area contributed by atoms with Crippen LogP contribution in [-0.4, -0.2) is 39.4 Å². The fourth-order valence-electron chi connectivity index (χ4n) is 3.29. The number of ether oxygens (including phenoxy) is 5. The Balaban J connectivity index is 1.60. The van der Waals surface area contributed by atoms with E-state index in [9.17, 15) is 9.59 Å². The molecule has 0 radical (unpaired) electrons. The van der Waals surface area contributed by atoms with Crippen molar-refractivity contribution in [1.82, 2.24) is 0 Å². The molecule has 0 amide bonds. The van der Waals surface area contributed by atoms with Crippen LogP contribution in [0.1, 0.15) is 28.8 Å². The lowest BCUT2D eigenvalue weighted by Crippen LogP contribution is -2.14. The third kappa shape index (κ3) is 3.85. The van der Waals surface area contributed by atoms with Gasteiger partial charge in [0.25, 0.3) is 0 Å². The summed E-state index contributed by atoms with van der Waals surface area (Å²) < 4.78 is 27.2. The minimum atomic E-state index is -0.312. The number of carbonyl (C=O) groups is 2. The molecule has 1 heterocycles. The zero-order chi connectivity index (χ0) is 20.4.